The molecule has 0 radical (unpaired) electrons. The molecular weight excluding hydrogens is 604 g/mol. The Hall–Kier alpha value is -2.00. The van der Waals surface area contributed by atoms with E-state index in [1.165, 1.54) is 0 Å². The van der Waals surface area contributed by atoms with Crippen molar-refractivity contribution in [1.82, 2.24) is 0 Å². The van der Waals surface area contributed by atoms with Gasteiger partial charge in [-0.3, -0.25) is 4.99 Å². The third-order valence-corrected chi connectivity index (χ3v) is 6.64. The van der Waals surface area contributed by atoms with E-state index in [0.717, 1.165) is 42.2 Å². The summed E-state index contributed by atoms with van der Waals surface area (Å²) in [6, 6.07) is 18.9. The zero-order valence-electron chi connectivity index (χ0n) is 16.9. The van der Waals surface area contributed by atoms with Gasteiger partial charge in [0.05, 0.1) is 28.9 Å². The SMILES string of the molecule is O=C(Oc1c(Br)cc(Br)cc1C=Nc1ccc(N2CCOCC2)cc1)c1ccccc1Br. The first-order valence-electron chi connectivity index (χ1n) is 9.94. The third-order valence-electron chi connectivity index (χ3n) is 4.90. The summed E-state index contributed by atoms with van der Waals surface area (Å²) in [4.78, 5) is 19.6. The second-order valence-corrected chi connectivity index (χ2v) is 9.67. The van der Waals surface area contributed by atoms with Crippen LogP contribution in [-0.4, -0.2) is 38.5 Å². The largest absolute Gasteiger partial charge is 0.421 e. The molecule has 8 heteroatoms. The number of morpholine rings is 1. The van der Waals surface area contributed by atoms with Crippen LogP contribution in [0, 0.1) is 0 Å². The lowest BCUT2D eigenvalue weighted by atomic mass is 10.2. The van der Waals surface area contributed by atoms with Gasteiger partial charge in [0.1, 0.15) is 0 Å². The quantitative estimate of drug-likeness (QED) is 0.179. The number of esters is 1. The van der Waals surface area contributed by atoms with Gasteiger partial charge in [0.15, 0.2) is 5.75 Å². The number of rotatable bonds is 5. The molecule has 1 aliphatic heterocycles. The highest BCUT2D eigenvalue weighted by Gasteiger charge is 2.17. The maximum atomic E-state index is 12.7. The van der Waals surface area contributed by atoms with E-state index in [1.807, 2.05) is 30.3 Å². The average Bonchev–Trinajstić information content (AvgIpc) is 2.80. The molecule has 0 spiro atoms. The summed E-state index contributed by atoms with van der Waals surface area (Å²) < 4.78 is 13.3. The van der Waals surface area contributed by atoms with Crippen molar-refractivity contribution in [2.24, 2.45) is 4.99 Å². The van der Waals surface area contributed by atoms with Crippen LogP contribution in [0.4, 0.5) is 11.4 Å². The number of benzene rings is 3. The Balaban J connectivity index is 1.56. The lowest BCUT2D eigenvalue weighted by Gasteiger charge is -2.28. The molecule has 0 aliphatic carbocycles. The summed E-state index contributed by atoms with van der Waals surface area (Å²) in [5.41, 5.74) is 3.08. The standard InChI is InChI=1S/C24H19Br3N2O3/c25-17-13-16(15-28-18-5-7-19(8-6-18)29-9-11-31-12-10-29)23(22(27)14-17)32-24(30)20-3-1-2-4-21(20)26/h1-8,13-15H,9-12H2. The van der Waals surface area contributed by atoms with E-state index in [-0.39, 0.29) is 0 Å². The van der Waals surface area contributed by atoms with Gasteiger partial charge in [0.25, 0.3) is 0 Å². The van der Waals surface area contributed by atoms with Crippen molar-refractivity contribution in [3.05, 3.63) is 85.2 Å². The average molecular weight is 623 g/mol. The Morgan fingerprint density at radius 1 is 0.969 bits per heavy atom. The maximum Gasteiger partial charge on any atom is 0.344 e. The number of anilines is 1. The molecule has 3 aromatic carbocycles. The van der Waals surface area contributed by atoms with Gasteiger partial charge in [-0.25, -0.2) is 4.79 Å². The van der Waals surface area contributed by atoms with Crippen LogP contribution < -0.4 is 9.64 Å². The molecule has 1 aliphatic rings. The minimum absolute atomic E-state index is 0.405. The van der Waals surface area contributed by atoms with Gasteiger partial charge in [-0.2, -0.15) is 0 Å². The monoisotopic (exact) mass is 620 g/mol. The van der Waals surface area contributed by atoms with Gasteiger partial charge in [0.2, 0.25) is 0 Å². The van der Waals surface area contributed by atoms with E-state index in [4.69, 9.17) is 9.47 Å². The molecule has 4 rings (SSSR count). The Morgan fingerprint density at radius 2 is 1.69 bits per heavy atom. The second-order valence-electron chi connectivity index (χ2n) is 7.05. The molecule has 3 aromatic rings. The molecule has 0 N–H and O–H groups in total. The number of hydrogen-bond donors (Lipinski definition) is 0. The topological polar surface area (TPSA) is 51.1 Å². The highest BCUT2D eigenvalue weighted by Crippen LogP contribution is 2.33. The van der Waals surface area contributed by atoms with E-state index in [0.29, 0.717) is 25.8 Å². The summed E-state index contributed by atoms with van der Waals surface area (Å²) in [5.74, 6) is -0.0485. The first kappa shape index (κ1) is 23.2. The number of carbonyl (C=O) groups excluding carboxylic acids is 1. The summed E-state index contributed by atoms with van der Waals surface area (Å²) in [7, 11) is 0. The number of carbonyl (C=O) groups is 1. The van der Waals surface area contributed by atoms with Crippen LogP contribution in [0.1, 0.15) is 15.9 Å². The fraction of sp³-hybridized carbons (Fsp3) is 0.167. The van der Waals surface area contributed by atoms with Crippen molar-refractivity contribution >= 4 is 71.3 Å². The van der Waals surface area contributed by atoms with Crippen LogP contribution in [0.2, 0.25) is 0 Å². The molecule has 0 bridgehead atoms. The Morgan fingerprint density at radius 3 is 2.41 bits per heavy atom. The fourth-order valence-corrected chi connectivity index (χ4v) is 5.06. The molecule has 32 heavy (non-hydrogen) atoms. The minimum Gasteiger partial charge on any atom is -0.421 e. The normalized spacial score (nSPS) is 14.0. The molecule has 0 saturated carbocycles. The van der Waals surface area contributed by atoms with Crippen LogP contribution in [-0.2, 0) is 4.74 Å². The van der Waals surface area contributed by atoms with E-state index >= 15 is 0 Å². The Bertz CT molecular complexity index is 1140. The molecule has 5 nitrogen and oxygen atoms in total. The highest BCUT2D eigenvalue weighted by molar-refractivity contribution is 9.11. The smallest absolute Gasteiger partial charge is 0.344 e. The lowest BCUT2D eigenvalue weighted by molar-refractivity contribution is 0.0732. The van der Waals surface area contributed by atoms with E-state index < -0.39 is 5.97 Å². The molecule has 1 fully saturated rings. The maximum absolute atomic E-state index is 12.7. The summed E-state index contributed by atoms with van der Waals surface area (Å²) in [6.07, 6.45) is 1.70. The molecule has 0 unspecified atom stereocenters. The summed E-state index contributed by atoms with van der Waals surface area (Å²) >= 11 is 10.4. The predicted molar refractivity (Wildman–Crippen MR) is 138 cm³/mol. The van der Waals surface area contributed by atoms with Crippen molar-refractivity contribution in [3.8, 4) is 5.75 Å². The first-order chi connectivity index (χ1) is 15.5. The van der Waals surface area contributed by atoms with Crippen LogP contribution in [0.3, 0.4) is 0 Å². The molecule has 1 heterocycles. The summed E-state index contributed by atoms with van der Waals surface area (Å²) in [6.45, 7) is 3.28. The second kappa shape index (κ2) is 10.7. The number of nitrogens with zero attached hydrogens (tertiary/aromatic N) is 2. The van der Waals surface area contributed by atoms with Crippen molar-refractivity contribution in [2.75, 3.05) is 31.2 Å². The minimum atomic E-state index is -0.454. The predicted octanol–water partition coefficient (Wildman–Crippen LogP) is 6.78. The van der Waals surface area contributed by atoms with E-state index in [1.54, 1.807) is 24.4 Å². The van der Waals surface area contributed by atoms with Crippen molar-refractivity contribution < 1.29 is 14.3 Å². The number of ether oxygens (including phenoxy) is 2. The molecule has 0 atom stereocenters. The molecular formula is C24H19Br3N2O3. The number of halogens is 3. The first-order valence-corrected chi connectivity index (χ1v) is 12.3. The van der Waals surface area contributed by atoms with E-state index in [9.17, 15) is 4.79 Å². The molecule has 0 aromatic heterocycles. The fourth-order valence-electron chi connectivity index (χ4n) is 3.27. The van der Waals surface area contributed by atoms with Crippen molar-refractivity contribution in [3.63, 3.8) is 0 Å². The molecule has 1 saturated heterocycles. The van der Waals surface area contributed by atoms with Crippen LogP contribution in [0.25, 0.3) is 0 Å². The van der Waals surface area contributed by atoms with Gasteiger partial charge in [-0.05, 0) is 80.4 Å². The number of aliphatic imine (C=N–C) groups is 1. The van der Waals surface area contributed by atoms with Gasteiger partial charge in [0, 0.05) is 39.5 Å². The van der Waals surface area contributed by atoms with Crippen molar-refractivity contribution in [2.45, 2.75) is 0 Å². The van der Waals surface area contributed by atoms with Crippen LogP contribution in [0.15, 0.2) is 79.1 Å². The lowest BCUT2D eigenvalue weighted by Crippen LogP contribution is -2.36. The van der Waals surface area contributed by atoms with Crippen LogP contribution >= 0.6 is 47.8 Å². The Labute approximate surface area is 211 Å². The van der Waals surface area contributed by atoms with Gasteiger partial charge in [-0.15, -0.1) is 0 Å². The van der Waals surface area contributed by atoms with Gasteiger partial charge < -0.3 is 14.4 Å². The van der Waals surface area contributed by atoms with E-state index in [2.05, 4.69) is 69.8 Å². The van der Waals surface area contributed by atoms with Crippen LogP contribution in [0.5, 0.6) is 5.75 Å². The zero-order valence-corrected chi connectivity index (χ0v) is 21.7. The van der Waals surface area contributed by atoms with Crippen molar-refractivity contribution in [1.29, 1.82) is 0 Å². The highest BCUT2D eigenvalue weighted by atomic mass is 79.9. The molecule has 164 valence electrons. The van der Waals surface area contributed by atoms with Gasteiger partial charge in [-0.1, -0.05) is 28.1 Å². The number of hydrogen-bond acceptors (Lipinski definition) is 5. The zero-order chi connectivity index (χ0) is 22.5. The molecule has 0 amide bonds. The Kier molecular flexibility index (Phi) is 7.78. The third kappa shape index (κ3) is 5.67. The summed E-state index contributed by atoms with van der Waals surface area (Å²) in [5, 5.41) is 0. The van der Waals surface area contributed by atoms with Gasteiger partial charge >= 0.3 is 5.97 Å².